The van der Waals surface area contributed by atoms with Gasteiger partial charge in [0.15, 0.2) is 0 Å². The second kappa shape index (κ2) is 17.7. The van der Waals surface area contributed by atoms with Crippen molar-refractivity contribution < 1.29 is 14.6 Å². The van der Waals surface area contributed by atoms with E-state index in [0.29, 0.717) is 6.42 Å². The Hall–Kier alpha value is -1.61. The molecule has 1 N–H and O–H groups in total. The van der Waals surface area contributed by atoms with Gasteiger partial charge in [-0.2, -0.15) is 0 Å². The maximum Gasteiger partial charge on any atom is 0.305 e. The van der Waals surface area contributed by atoms with E-state index in [1.54, 1.807) is 0 Å². The lowest BCUT2D eigenvalue weighted by molar-refractivity contribution is -0.140. The molecule has 0 aromatic heterocycles. The number of carbonyl (C=O) groups is 1. The van der Waals surface area contributed by atoms with Crippen molar-refractivity contribution in [2.75, 3.05) is 7.11 Å². The van der Waals surface area contributed by atoms with E-state index >= 15 is 0 Å². The molecule has 24 heavy (non-hydrogen) atoms. The number of aliphatic hydroxyl groups excluding tert-OH is 1. The minimum absolute atomic E-state index is 0.141. The van der Waals surface area contributed by atoms with Crippen molar-refractivity contribution in [3.05, 3.63) is 48.6 Å². The average Bonchev–Trinajstić information content (AvgIpc) is 2.58. The van der Waals surface area contributed by atoms with Gasteiger partial charge < -0.3 is 9.84 Å². The molecule has 1 unspecified atom stereocenters. The van der Waals surface area contributed by atoms with Gasteiger partial charge in [-0.05, 0) is 32.1 Å². The van der Waals surface area contributed by atoms with Crippen LogP contribution in [-0.2, 0) is 9.53 Å². The van der Waals surface area contributed by atoms with E-state index in [-0.39, 0.29) is 12.1 Å². The monoisotopic (exact) mass is 334 g/mol. The van der Waals surface area contributed by atoms with Crippen LogP contribution >= 0.6 is 0 Å². The molecule has 0 aliphatic heterocycles. The van der Waals surface area contributed by atoms with E-state index < -0.39 is 0 Å². The lowest BCUT2D eigenvalue weighted by Gasteiger charge is -2.02. The quantitative estimate of drug-likeness (QED) is 0.203. The Morgan fingerprint density at radius 1 is 1.00 bits per heavy atom. The fourth-order valence-corrected chi connectivity index (χ4v) is 2.08. The standard InChI is InChI=1S/C21H34O3/c1-3-4-14-17-20(22)18-15-12-10-8-6-5-7-9-11-13-16-19-21(23)24-2/h5-6,9-12,15,18,20,22H,3-4,7-8,13-14,16-17,19H2,1-2H3/b6-5-,11-9-,12-10-,18-15+. The number of methoxy groups -OCH3 is 1. The van der Waals surface area contributed by atoms with Gasteiger partial charge in [0.05, 0.1) is 13.2 Å². The van der Waals surface area contributed by atoms with Crippen LogP contribution in [0.4, 0.5) is 0 Å². The van der Waals surface area contributed by atoms with Crippen molar-refractivity contribution in [2.24, 2.45) is 0 Å². The van der Waals surface area contributed by atoms with Crippen molar-refractivity contribution in [1.29, 1.82) is 0 Å². The molecule has 0 spiro atoms. The van der Waals surface area contributed by atoms with Gasteiger partial charge in [-0.25, -0.2) is 0 Å². The Morgan fingerprint density at radius 2 is 1.71 bits per heavy atom. The molecule has 136 valence electrons. The molecule has 0 aromatic rings. The average molecular weight is 335 g/mol. The molecule has 0 saturated carbocycles. The number of rotatable bonds is 14. The predicted molar refractivity (Wildman–Crippen MR) is 102 cm³/mol. The molecule has 1 atom stereocenters. The van der Waals surface area contributed by atoms with Gasteiger partial charge in [0.25, 0.3) is 0 Å². The smallest absolute Gasteiger partial charge is 0.305 e. The Bertz CT molecular complexity index is 405. The molecule has 0 fully saturated rings. The lowest BCUT2D eigenvalue weighted by atomic mass is 10.1. The third-order valence-electron chi connectivity index (χ3n) is 3.54. The molecule has 0 bridgehead atoms. The molecule has 0 aliphatic rings. The first-order valence-corrected chi connectivity index (χ1v) is 9.08. The summed E-state index contributed by atoms with van der Waals surface area (Å²) in [6.45, 7) is 2.17. The maximum atomic E-state index is 10.9. The van der Waals surface area contributed by atoms with Crippen molar-refractivity contribution in [3.63, 3.8) is 0 Å². The first kappa shape index (κ1) is 22.4. The van der Waals surface area contributed by atoms with Crippen molar-refractivity contribution in [2.45, 2.75) is 70.8 Å². The fourth-order valence-electron chi connectivity index (χ4n) is 2.08. The number of carbonyl (C=O) groups excluding carboxylic acids is 1. The zero-order chi connectivity index (χ0) is 17.9. The second-order valence-corrected chi connectivity index (χ2v) is 5.76. The van der Waals surface area contributed by atoms with Crippen LogP contribution in [0.2, 0.25) is 0 Å². The van der Waals surface area contributed by atoms with Gasteiger partial charge in [-0.15, -0.1) is 0 Å². The molecular weight excluding hydrogens is 300 g/mol. The van der Waals surface area contributed by atoms with E-state index in [2.05, 4.69) is 42.0 Å². The van der Waals surface area contributed by atoms with E-state index in [1.165, 1.54) is 20.0 Å². The number of allylic oxidation sites excluding steroid dienone is 7. The van der Waals surface area contributed by atoms with E-state index in [1.807, 2.05) is 18.2 Å². The number of ether oxygens (including phenoxy) is 1. The van der Waals surface area contributed by atoms with Crippen molar-refractivity contribution >= 4 is 5.97 Å². The number of aliphatic hydroxyl groups is 1. The van der Waals surface area contributed by atoms with Gasteiger partial charge in [0.1, 0.15) is 0 Å². The van der Waals surface area contributed by atoms with Crippen LogP contribution in [0, 0.1) is 0 Å². The Balaban J connectivity index is 3.58. The molecule has 3 nitrogen and oxygen atoms in total. The summed E-state index contributed by atoms with van der Waals surface area (Å²) in [6.07, 6.45) is 24.3. The largest absolute Gasteiger partial charge is 0.469 e. The summed E-state index contributed by atoms with van der Waals surface area (Å²) >= 11 is 0. The highest BCUT2D eigenvalue weighted by Gasteiger charge is 1.97. The Labute approximate surface area is 147 Å². The summed E-state index contributed by atoms with van der Waals surface area (Å²) in [5.74, 6) is -0.141. The Kier molecular flexibility index (Phi) is 16.5. The Morgan fingerprint density at radius 3 is 2.42 bits per heavy atom. The van der Waals surface area contributed by atoms with Crippen molar-refractivity contribution in [1.82, 2.24) is 0 Å². The highest BCUT2D eigenvalue weighted by atomic mass is 16.5. The minimum Gasteiger partial charge on any atom is -0.469 e. The minimum atomic E-state index is -0.318. The van der Waals surface area contributed by atoms with Gasteiger partial charge in [0.2, 0.25) is 0 Å². The number of hydrogen-bond donors (Lipinski definition) is 1. The summed E-state index contributed by atoms with van der Waals surface area (Å²) in [4.78, 5) is 10.9. The van der Waals surface area contributed by atoms with Gasteiger partial charge >= 0.3 is 5.97 Å². The molecule has 3 heteroatoms. The number of hydrogen-bond acceptors (Lipinski definition) is 3. The molecule has 0 radical (unpaired) electrons. The molecule has 0 heterocycles. The number of esters is 1. The molecule has 0 aliphatic carbocycles. The zero-order valence-electron chi connectivity index (χ0n) is 15.3. The first-order valence-electron chi connectivity index (χ1n) is 9.08. The van der Waals surface area contributed by atoms with Crippen LogP contribution in [0.1, 0.15) is 64.7 Å². The van der Waals surface area contributed by atoms with Gasteiger partial charge in [-0.3, -0.25) is 4.79 Å². The van der Waals surface area contributed by atoms with Gasteiger partial charge in [-0.1, -0.05) is 74.8 Å². The maximum absolute atomic E-state index is 10.9. The van der Waals surface area contributed by atoms with Crippen LogP contribution in [-0.4, -0.2) is 24.3 Å². The normalized spacial score (nSPS) is 13.6. The summed E-state index contributed by atoms with van der Waals surface area (Å²) in [7, 11) is 1.42. The zero-order valence-corrected chi connectivity index (χ0v) is 15.3. The van der Waals surface area contributed by atoms with Gasteiger partial charge in [0, 0.05) is 6.42 Å². The summed E-state index contributed by atoms with van der Waals surface area (Å²) in [6, 6.07) is 0. The predicted octanol–water partition coefficient (Wildman–Crippen LogP) is 5.28. The number of unbranched alkanes of at least 4 members (excludes halogenated alkanes) is 3. The molecule has 0 saturated heterocycles. The molecule has 0 amide bonds. The molecule has 0 rings (SSSR count). The topological polar surface area (TPSA) is 46.5 Å². The van der Waals surface area contributed by atoms with E-state index in [0.717, 1.165) is 38.5 Å². The lowest BCUT2D eigenvalue weighted by Crippen LogP contribution is -2.00. The summed E-state index contributed by atoms with van der Waals surface area (Å²) in [5.41, 5.74) is 0. The second-order valence-electron chi connectivity index (χ2n) is 5.76. The third kappa shape index (κ3) is 16.8. The van der Waals surface area contributed by atoms with E-state index in [9.17, 15) is 9.90 Å². The van der Waals surface area contributed by atoms with Crippen LogP contribution in [0.5, 0.6) is 0 Å². The van der Waals surface area contributed by atoms with Crippen LogP contribution in [0.25, 0.3) is 0 Å². The van der Waals surface area contributed by atoms with Crippen LogP contribution in [0.15, 0.2) is 48.6 Å². The SMILES string of the molecule is CCCCCC(O)/C=C/C=C\C/C=C\C/C=C\CCCC(=O)OC. The van der Waals surface area contributed by atoms with Crippen LogP contribution < -0.4 is 0 Å². The molecule has 0 aromatic carbocycles. The summed E-state index contributed by atoms with van der Waals surface area (Å²) < 4.78 is 4.59. The third-order valence-corrected chi connectivity index (χ3v) is 3.54. The summed E-state index contributed by atoms with van der Waals surface area (Å²) in [5, 5.41) is 9.71. The van der Waals surface area contributed by atoms with Crippen molar-refractivity contribution in [3.8, 4) is 0 Å². The highest BCUT2D eigenvalue weighted by molar-refractivity contribution is 5.69. The fraction of sp³-hybridized carbons (Fsp3) is 0.571. The molecular formula is C21H34O3. The van der Waals surface area contributed by atoms with Crippen LogP contribution in [0.3, 0.4) is 0 Å². The van der Waals surface area contributed by atoms with E-state index in [4.69, 9.17) is 0 Å². The first-order chi connectivity index (χ1) is 11.7. The highest BCUT2D eigenvalue weighted by Crippen LogP contribution is 2.04.